The Labute approximate surface area is 223 Å². The van der Waals surface area contributed by atoms with E-state index in [9.17, 15) is 18.4 Å². The zero-order valence-corrected chi connectivity index (χ0v) is 21.7. The number of thioether (sulfide) groups is 1. The first kappa shape index (κ1) is 25.7. The predicted molar refractivity (Wildman–Crippen MR) is 140 cm³/mol. The summed E-state index contributed by atoms with van der Waals surface area (Å²) in [7, 11) is 0. The number of rotatable bonds is 5. The summed E-state index contributed by atoms with van der Waals surface area (Å²) in [5.41, 5.74) is 0.362. The average Bonchev–Trinajstić information content (AvgIpc) is 3.33. The van der Waals surface area contributed by atoms with E-state index in [1.54, 1.807) is 17.0 Å². The molecule has 0 radical (unpaired) electrons. The van der Waals surface area contributed by atoms with Crippen LogP contribution in [0.3, 0.4) is 0 Å². The van der Waals surface area contributed by atoms with Crippen molar-refractivity contribution in [3.05, 3.63) is 94.3 Å². The van der Waals surface area contributed by atoms with Crippen molar-refractivity contribution in [2.45, 2.75) is 41.9 Å². The topological polar surface area (TPSA) is 53.5 Å². The van der Waals surface area contributed by atoms with Crippen molar-refractivity contribution in [1.82, 2.24) is 14.8 Å². The van der Waals surface area contributed by atoms with Gasteiger partial charge in [-0.25, -0.2) is 13.8 Å². The molecule has 3 aromatic rings. The third kappa shape index (κ3) is 5.22. The van der Waals surface area contributed by atoms with Crippen LogP contribution in [0.4, 0.5) is 8.78 Å². The number of benzene rings is 2. The van der Waals surface area contributed by atoms with Gasteiger partial charge in [0, 0.05) is 53.1 Å². The number of hydrogen-bond donors (Lipinski definition) is 0. The van der Waals surface area contributed by atoms with Crippen LogP contribution in [0.5, 0.6) is 0 Å². The molecule has 9 heteroatoms. The summed E-state index contributed by atoms with van der Waals surface area (Å²) in [6, 6.07) is 15.1. The summed E-state index contributed by atoms with van der Waals surface area (Å²) < 4.78 is 29.2. The molecule has 0 atom stereocenters. The number of aromatic nitrogens is 1. The molecule has 2 aliphatic rings. The fourth-order valence-corrected chi connectivity index (χ4v) is 6.39. The maximum Gasteiger partial charge on any atom is 0.255 e. The quantitative estimate of drug-likeness (QED) is 0.284. The highest BCUT2D eigenvalue weighted by Gasteiger charge is 2.46. The Balaban J connectivity index is 1.33. The van der Waals surface area contributed by atoms with E-state index in [4.69, 9.17) is 11.6 Å². The van der Waals surface area contributed by atoms with Crippen LogP contribution in [-0.4, -0.2) is 51.8 Å². The zero-order chi connectivity index (χ0) is 26.0. The summed E-state index contributed by atoms with van der Waals surface area (Å²) in [5, 5.41) is 0.327. The first-order valence-electron chi connectivity index (χ1n) is 12.3. The summed E-state index contributed by atoms with van der Waals surface area (Å²) in [4.78, 5) is 35.3. The fraction of sp³-hybridized carbons (Fsp3) is 0.321. The van der Waals surface area contributed by atoms with E-state index in [1.165, 1.54) is 24.0 Å². The molecule has 5 nitrogen and oxygen atoms in total. The van der Waals surface area contributed by atoms with Gasteiger partial charge < -0.3 is 9.80 Å². The minimum absolute atomic E-state index is 0.0868. The molecule has 0 bridgehead atoms. The van der Waals surface area contributed by atoms with Crippen LogP contribution >= 0.6 is 23.4 Å². The summed E-state index contributed by atoms with van der Waals surface area (Å²) in [6.07, 6.45) is 4.38. The lowest BCUT2D eigenvalue weighted by Gasteiger charge is -2.45. The Hall–Kier alpha value is -2.97. The van der Waals surface area contributed by atoms with Gasteiger partial charge in [0.2, 0.25) is 0 Å². The predicted octanol–water partition coefficient (Wildman–Crippen LogP) is 6.22. The Morgan fingerprint density at radius 2 is 1.70 bits per heavy atom. The number of hydrogen-bond acceptors (Lipinski definition) is 4. The molecule has 0 saturated carbocycles. The molecule has 37 heavy (non-hydrogen) atoms. The largest absolute Gasteiger partial charge is 0.338 e. The van der Waals surface area contributed by atoms with E-state index in [0.717, 1.165) is 23.8 Å². The standard InChI is InChI=1S/C28H26ClF2N3O2S/c29-24-10-7-19(17-32-24)26(35)33-15-12-28(13-16-33)11-4-14-34(28)27(36)21-8-9-23(30)25(31)22(21)18-37-20-5-2-1-3-6-20/h1-3,5-10,17H,4,11-16,18H2. The molecule has 0 N–H and O–H groups in total. The Kier molecular flexibility index (Phi) is 7.49. The van der Waals surface area contributed by atoms with E-state index in [2.05, 4.69) is 4.98 Å². The van der Waals surface area contributed by atoms with Crippen molar-refractivity contribution in [2.75, 3.05) is 19.6 Å². The van der Waals surface area contributed by atoms with Gasteiger partial charge in [0.25, 0.3) is 11.8 Å². The van der Waals surface area contributed by atoms with Crippen molar-refractivity contribution in [3.8, 4) is 0 Å². The number of piperidine rings is 1. The molecule has 2 saturated heterocycles. The van der Waals surface area contributed by atoms with Crippen molar-refractivity contribution in [3.63, 3.8) is 0 Å². The molecule has 0 aliphatic carbocycles. The van der Waals surface area contributed by atoms with Gasteiger partial charge in [-0.3, -0.25) is 9.59 Å². The molecule has 2 aliphatic heterocycles. The van der Waals surface area contributed by atoms with Crippen molar-refractivity contribution < 1.29 is 18.4 Å². The van der Waals surface area contributed by atoms with Crippen LogP contribution in [-0.2, 0) is 5.75 Å². The van der Waals surface area contributed by atoms with E-state index in [0.29, 0.717) is 43.2 Å². The lowest BCUT2D eigenvalue weighted by atomic mass is 9.84. The maximum atomic E-state index is 15.0. The van der Waals surface area contributed by atoms with Gasteiger partial charge >= 0.3 is 0 Å². The van der Waals surface area contributed by atoms with Gasteiger partial charge in [-0.1, -0.05) is 29.8 Å². The van der Waals surface area contributed by atoms with Gasteiger partial charge in [0.05, 0.1) is 5.56 Å². The van der Waals surface area contributed by atoms with E-state index in [1.807, 2.05) is 35.2 Å². The van der Waals surface area contributed by atoms with Crippen molar-refractivity contribution in [1.29, 1.82) is 0 Å². The van der Waals surface area contributed by atoms with Crippen molar-refractivity contribution in [2.24, 2.45) is 0 Å². The Morgan fingerprint density at radius 1 is 0.946 bits per heavy atom. The second kappa shape index (κ2) is 10.8. The molecular formula is C28H26ClF2N3O2S. The van der Waals surface area contributed by atoms with Crippen LogP contribution < -0.4 is 0 Å². The van der Waals surface area contributed by atoms with Crippen molar-refractivity contribution >= 4 is 35.2 Å². The third-order valence-corrected chi connectivity index (χ3v) is 8.61. The van der Waals surface area contributed by atoms with Crippen LogP contribution in [0.2, 0.25) is 5.15 Å². The number of nitrogens with zero attached hydrogens (tertiary/aromatic N) is 3. The number of amides is 2. The zero-order valence-electron chi connectivity index (χ0n) is 20.1. The van der Waals surface area contributed by atoms with Crippen LogP contribution in [0, 0.1) is 11.6 Å². The number of halogens is 3. The monoisotopic (exact) mass is 541 g/mol. The summed E-state index contributed by atoms with van der Waals surface area (Å²) in [5.74, 6) is -2.18. The van der Waals surface area contributed by atoms with Crippen LogP contribution in [0.15, 0.2) is 65.7 Å². The smallest absolute Gasteiger partial charge is 0.255 e. The molecule has 1 spiro atoms. The normalized spacial score (nSPS) is 16.8. The Bertz CT molecular complexity index is 1300. The summed E-state index contributed by atoms with van der Waals surface area (Å²) >= 11 is 7.21. The van der Waals surface area contributed by atoms with Gasteiger partial charge in [0.1, 0.15) is 5.15 Å². The molecule has 3 heterocycles. The average molecular weight is 542 g/mol. The first-order valence-corrected chi connectivity index (χ1v) is 13.6. The van der Waals surface area contributed by atoms with Gasteiger partial charge in [-0.15, -0.1) is 11.8 Å². The van der Waals surface area contributed by atoms with Crippen LogP contribution in [0.1, 0.15) is 52.0 Å². The molecule has 2 amide bonds. The molecule has 5 rings (SSSR count). The van der Waals surface area contributed by atoms with Gasteiger partial charge in [-0.05, 0) is 62.1 Å². The lowest BCUT2D eigenvalue weighted by Crippen LogP contribution is -2.55. The van der Waals surface area contributed by atoms with E-state index < -0.39 is 17.2 Å². The SMILES string of the molecule is O=C(c1ccc(Cl)nc1)N1CCC2(CCCN2C(=O)c2ccc(F)c(F)c2CSc2ccccc2)CC1. The highest BCUT2D eigenvalue weighted by molar-refractivity contribution is 7.98. The molecular weight excluding hydrogens is 516 g/mol. The molecule has 1 aromatic heterocycles. The molecule has 0 unspecified atom stereocenters. The first-order chi connectivity index (χ1) is 17.9. The van der Waals surface area contributed by atoms with Crippen LogP contribution in [0.25, 0.3) is 0 Å². The minimum Gasteiger partial charge on any atom is -0.338 e. The third-order valence-electron chi connectivity index (χ3n) is 7.35. The molecule has 2 aromatic carbocycles. The molecule has 2 fully saturated rings. The number of likely N-dealkylation sites (tertiary alicyclic amines) is 2. The lowest BCUT2D eigenvalue weighted by molar-refractivity contribution is 0.0342. The maximum absolute atomic E-state index is 15.0. The number of carbonyl (C=O) groups excluding carboxylic acids is 2. The molecule has 192 valence electrons. The second-order valence-corrected chi connectivity index (χ2v) is 10.9. The van der Waals surface area contributed by atoms with E-state index in [-0.39, 0.29) is 28.7 Å². The van der Waals surface area contributed by atoms with E-state index >= 15 is 0 Å². The number of carbonyl (C=O) groups is 2. The van der Waals surface area contributed by atoms with Gasteiger partial charge in [-0.2, -0.15) is 0 Å². The number of pyridine rings is 1. The highest BCUT2D eigenvalue weighted by atomic mass is 35.5. The highest BCUT2D eigenvalue weighted by Crippen LogP contribution is 2.40. The fourth-order valence-electron chi connectivity index (χ4n) is 5.34. The summed E-state index contributed by atoms with van der Waals surface area (Å²) in [6.45, 7) is 1.55. The Morgan fingerprint density at radius 3 is 2.41 bits per heavy atom. The minimum atomic E-state index is -0.973. The second-order valence-electron chi connectivity index (χ2n) is 9.44. The van der Waals surface area contributed by atoms with Gasteiger partial charge in [0.15, 0.2) is 11.6 Å².